The Morgan fingerprint density at radius 1 is 1.17 bits per heavy atom. The lowest BCUT2D eigenvalue weighted by molar-refractivity contribution is -0.124. The van der Waals surface area contributed by atoms with Gasteiger partial charge in [0.1, 0.15) is 0 Å². The third-order valence-electron chi connectivity index (χ3n) is 3.38. The van der Waals surface area contributed by atoms with Crippen molar-refractivity contribution in [3.05, 3.63) is 28.8 Å². The number of nitrogens with one attached hydrogen (secondary N) is 2. The van der Waals surface area contributed by atoms with Crippen LogP contribution >= 0.6 is 11.6 Å². The molecule has 5 nitrogen and oxygen atoms in total. The molecule has 1 aromatic rings. The lowest BCUT2D eigenvalue weighted by Crippen LogP contribution is -2.21. The topological polar surface area (TPSA) is 70.6 Å². The van der Waals surface area contributed by atoms with Crippen LogP contribution in [0.5, 0.6) is 0 Å². The van der Waals surface area contributed by atoms with E-state index in [-0.39, 0.29) is 24.7 Å². The molecular weight excluding hydrogens is 314 g/mol. The van der Waals surface area contributed by atoms with Gasteiger partial charge in [-0.1, -0.05) is 31.0 Å². The van der Waals surface area contributed by atoms with Crippen LogP contribution in [-0.4, -0.2) is 17.5 Å². The van der Waals surface area contributed by atoms with E-state index in [1.807, 2.05) is 13.8 Å². The van der Waals surface area contributed by atoms with Crippen LogP contribution in [-0.2, 0) is 9.59 Å². The molecule has 2 N–H and O–H groups in total. The van der Waals surface area contributed by atoms with Gasteiger partial charge < -0.3 is 5.32 Å². The van der Waals surface area contributed by atoms with Crippen molar-refractivity contribution in [1.29, 1.82) is 0 Å². The third kappa shape index (κ3) is 7.28. The van der Waals surface area contributed by atoms with Gasteiger partial charge in [0.25, 0.3) is 0 Å². The van der Waals surface area contributed by atoms with E-state index in [9.17, 15) is 9.59 Å². The molecular formula is C17H24ClN3O2. The number of carbonyl (C=O) groups excluding carboxylic acids is 2. The van der Waals surface area contributed by atoms with Gasteiger partial charge in [-0.3, -0.25) is 9.59 Å². The molecule has 0 aliphatic heterocycles. The van der Waals surface area contributed by atoms with Gasteiger partial charge in [-0.25, -0.2) is 5.43 Å². The number of anilines is 1. The highest BCUT2D eigenvalue weighted by Gasteiger charge is 2.09. The quantitative estimate of drug-likeness (QED) is 0.555. The average molecular weight is 338 g/mol. The molecule has 0 fully saturated rings. The highest BCUT2D eigenvalue weighted by molar-refractivity contribution is 6.31. The van der Waals surface area contributed by atoms with E-state index in [0.717, 1.165) is 30.5 Å². The first-order valence-electron chi connectivity index (χ1n) is 7.81. The summed E-state index contributed by atoms with van der Waals surface area (Å²) in [6.45, 7) is 5.81. The maximum absolute atomic E-state index is 11.9. The minimum atomic E-state index is -0.265. The Morgan fingerprint density at radius 3 is 2.57 bits per heavy atom. The van der Waals surface area contributed by atoms with E-state index in [0.29, 0.717) is 10.7 Å². The highest BCUT2D eigenvalue weighted by atomic mass is 35.5. The zero-order valence-corrected chi connectivity index (χ0v) is 14.7. The fourth-order valence-electron chi connectivity index (χ4n) is 1.88. The summed E-state index contributed by atoms with van der Waals surface area (Å²) in [6, 6.07) is 5.31. The van der Waals surface area contributed by atoms with Crippen molar-refractivity contribution in [2.75, 3.05) is 5.32 Å². The normalized spacial score (nSPS) is 11.2. The predicted molar refractivity (Wildman–Crippen MR) is 94.8 cm³/mol. The molecule has 0 aromatic heterocycles. The second kappa shape index (κ2) is 10.0. The molecule has 0 atom stereocenters. The first-order chi connectivity index (χ1) is 10.9. The van der Waals surface area contributed by atoms with Crippen LogP contribution in [0.4, 0.5) is 5.69 Å². The molecule has 0 saturated heterocycles. The molecule has 0 aliphatic carbocycles. The summed E-state index contributed by atoms with van der Waals surface area (Å²) >= 11 is 6.00. The standard InChI is InChI=1S/C17H24ClN3O2/c1-4-5-7-12(2)20-21-17(23)11-10-16(22)19-15-9-6-8-14(18)13(15)3/h6,8-9H,4-5,7,10-11H2,1-3H3,(H,19,22)(H,21,23)/b20-12+. The number of rotatable bonds is 8. The van der Waals surface area contributed by atoms with Crippen LogP contribution in [0.25, 0.3) is 0 Å². The second-order valence-corrected chi connectivity index (χ2v) is 5.85. The number of hydrogen-bond acceptors (Lipinski definition) is 3. The lowest BCUT2D eigenvalue weighted by Gasteiger charge is -2.09. The minimum Gasteiger partial charge on any atom is -0.326 e. The molecule has 0 aliphatic rings. The van der Waals surface area contributed by atoms with Crippen LogP contribution in [0.1, 0.15) is 51.5 Å². The summed E-state index contributed by atoms with van der Waals surface area (Å²) in [5.41, 5.74) is 4.84. The third-order valence-corrected chi connectivity index (χ3v) is 3.79. The van der Waals surface area contributed by atoms with Crippen molar-refractivity contribution in [2.45, 2.75) is 52.9 Å². The molecule has 0 heterocycles. The average Bonchev–Trinajstić information content (AvgIpc) is 2.53. The van der Waals surface area contributed by atoms with Crippen molar-refractivity contribution in [2.24, 2.45) is 5.10 Å². The van der Waals surface area contributed by atoms with Crippen LogP contribution in [0, 0.1) is 6.92 Å². The van der Waals surface area contributed by atoms with Crippen LogP contribution in [0.3, 0.4) is 0 Å². The van der Waals surface area contributed by atoms with Crippen LogP contribution in [0.15, 0.2) is 23.3 Å². The number of halogens is 1. The Hall–Kier alpha value is -1.88. The van der Waals surface area contributed by atoms with E-state index < -0.39 is 0 Å². The highest BCUT2D eigenvalue weighted by Crippen LogP contribution is 2.23. The zero-order valence-electron chi connectivity index (χ0n) is 13.9. The number of hydrazone groups is 1. The van der Waals surface area contributed by atoms with Gasteiger partial charge in [-0.2, -0.15) is 5.10 Å². The smallest absolute Gasteiger partial charge is 0.240 e. The first-order valence-corrected chi connectivity index (χ1v) is 8.18. The van der Waals surface area contributed by atoms with Crippen molar-refractivity contribution in [1.82, 2.24) is 5.43 Å². The van der Waals surface area contributed by atoms with Gasteiger partial charge in [0.05, 0.1) is 0 Å². The monoisotopic (exact) mass is 337 g/mol. The van der Waals surface area contributed by atoms with Gasteiger partial charge in [-0.05, 0) is 44.4 Å². The van der Waals surface area contributed by atoms with Crippen molar-refractivity contribution in [3.63, 3.8) is 0 Å². The molecule has 0 spiro atoms. The molecule has 0 saturated carbocycles. The Labute approximate surface area is 142 Å². The Kier molecular flexibility index (Phi) is 8.33. The second-order valence-electron chi connectivity index (χ2n) is 5.45. The molecule has 1 rings (SSSR count). The van der Waals surface area contributed by atoms with Crippen molar-refractivity contribution >= 4 is 34.8 Å². The van der Waals surface area contributed by atoms with Gasteiger partial charge in [0.15, 0.2) is 0 Å². The number of amides is 2. The largest absolute Gasteiger partial charge is 0.326 e. The van der Waals surface area contributed by atoms with E-state index in [1.54, 1.807) is 18.2 Å². The summed E-state index contributed by atoms with van der Waals surface area (Å²) in [5, 5.41) is 7.37. The zero-order chi connectivity index (χ0) is 17.2. The number of nitrogens with zero attached hydrogens (tertiary/aromatic N) is 1. The molecule has 0 bridgehead atoms. The minimum absolute atomic E-state index is 0.0933. The fraction of sp³-hybridized carbons (Fsp3) is 0.471. The molecule has 126 valence electrons. The maximum Gasteiger partial charge on any atom is 0.240 e. The molecule has 1 aromatic carbocycles. The predicted octanol–water partition coefficient (Wildman–Crippen LogP) is 4.05. The fourth-order valence-corrected chi connectivity index (χ4v) is 2.06. The lowest BCUT2D eigenvalue weighted by atomic mass is 10.2. The first kappa shape index (κ1) is 19.2. The summed E-state index contributed by atoms with van der Waals surface area (Å²) in [5.74, 6) is -0.490. The molecule has 23 heavy (non-hydrogen) atoms. The molecule has 0 radical (unpaired) electrons. The SMILES string of the molecule is CCCC/C(C)=N/NC(=O)CCC(=O)Nc1cccc(Cl)c1C. The van der Waals surface area contributed by atoms with Gasteiger partial charge in [-0.15, -0.1) is 0 Å². The van der Waals surface area contributed by atoms with Crippen LogP contribution < -0.4 is 10.7 Å². The van der Waals surface area contributed by atoms with Gasteiger partial charge >= 0.3 is 0 Å². The number of hydrogen-bond donors (Lipinski definition) is 2. The number of carbonyl (C=O) groups is 2. The van der Waals surface area contributed by atoms with Crippen molar-refractivity contribution < 1.29 is 9.59 Å². The summed E-state index contributed by atoms with van der Waals surface area (Å²) in [6.07, 6.45) is 3.19. The Bertz CT molecular complexity index is 585. The molecule has 2 amide bonds. The Morgan fingerprint density at radius 2 is 1.87 bits per heavy atom. The van der Waals surface area contributed by atoms with Gasteiger partial charge in [0, 0.05) is 29.3 Å². The maximum atomic E-state index is 11.9. The van der Waals surface area contributed by atoms with Crippen LogP contribution in [0.2, 0.25) is 5.02 Å². The Balaban J connectivity index is 2.38. The van der Waals surface area contributed by atoms with E-state index >= 15 is 0 Å². The van der Waals surface area contributed by atoms with Crippen molar-refractivity contribution in [3.8, 4) is 0 Å². The van der Waals surface area contributed by atoms with Gasteiger partial charge in [0.2, 0.25) is 11.8 Å². The van der Waals surface area contributed by atoms with E-state index in [4.69, 9.17) is 11.6 Å². The van der Waals surface area contributed by atoms with E-state index in [1.165, 1.54) is 0 Å². The molecule has 6 heteroatoms. The number of benzene rings is 1. The molecule has 0 unspecified atom stereocenters. The summed E-state index contributed by atoms with van der Waals surface area (Å²) in [4.78, 5) is 23.6. The number of unbranched alkanes of at least 4 members (excludes halogenated alkanes) is 1. The van der Waals surface area contributed by atoms with E-state index in [2.05, 4.69) is 22.8 Å². The summed E-state index contributed by atoms with van der Waals surface area (Å²) in [7, 11) is 0. The summed E-state index contributed by atoms with van der Waals surface area (Å²) < 4.78 is 0.